The average Bonchev–Trinajstić information content (AvgIpc) is 2.37. The summed E-state index contributed by atoms with van der Waals surface area (Å²) in [6.45, 7) is 4.07. The van der Waals surface area contributed by atoms with Crippen LogP contribution in [-0.4, -0.2) is 17.9 Å². The molecule has 1 heterocycles. The third kappa shape index (κ3) is 3.19. The molecular weight excluding hydrogens is 238 g/mol. The monoisotopic (exact) mass is 255 g/mol. The van der Waals surface area contributed by atoms with Crippen molar-refractivity contribution in [1.29, 1.82) is 0 Å². The molecule has 0 saturated carbocycles. The molecule has 0 radical (unpaired) electrons. The van der Waals surface area contributed by atoms with Crippen LogP contribution in [-0.2, 0) is 6.42 Å². The number of aromatic nitrogens is 1. The highest BCUT2D eigenvalue weighted by Gasteiger charge is 2.12. The van der Waals surface area contributed by atoms with Gasteiger partial charge in [-0.15, -0.1) is 0 Å². The molecule has 3 heteroatoms. The van der Waals surface area contributed by atoms with Crippen LogP contribution in [0.15, 0.2) is 36.7 Å². The Morgan fingerprint density at radius 1 is 1.21 bits per heavy atom. The Balaban J connectivity index is 2.25. The van der Waals surface area contributed by atoms with E-state index >= 15 is 0 Å². The molecule has 98 valence electrons. The number of carbonyl (C=O) groups is 1. The highest BCUT2D eigenvalue weighted by molar-refractivity contribution is 5.99. The van der Waals surface area contributed by atoms with Crippen molar-refractivity contribution >= 4 is 5.78 Å². The zero-order chi connectivity index (χ0) is 13.8. The molecule has 0 atom stereocenters. The quantitative estimate of drug-likeness (QED) is 0.788. The van der Waals surface area contributed by atoms with Gasteiger partial charge in [0.1, 0.15) is 5.75 Å². The number of carbonyl (C=O) groups excluding carboxylic acids is 1. The van der Waals surface area contributed by atoms with E-state index in [2.05, 4.69) is 11.1 Å². The fourth-order valence-electron chi connectivity index (χ4n) is 2.22. The van der Waals surface area contributed by atoms with E-state index in [9.17, 15) is 4.79 Å². The molecule has 19 heavy (non-hydrogen) atoms. The van der Waals surface area contributed by atoms with Crippen molar-refractivity contribution in [3.05, 3.63) is 58.9 Å². The summed E-state index contributed by atoms with van der Waals surface area (Å²) in [5.74, 6) is 0.570. The summed E-state index contributed by atoms with van der Waals surface area (Å²) in [5.41, 5.74) is 3.95. The molecule has 0 spiro atoms. The summed E-state index contributed by atoms with van der Waals surface area (Å²) >= 11 is 0. The van der Waals surface area contributed by atoms with Gasteiger partial charge in [0.2, 0.25) is 0 Å². The smallest absolute Gasteiger partial charge is 0.171 e. The Hall–Kier alpha value is -2.16. The predicted molar refractivity (Wildman–Crippen MR) is 74.7 cm³/mol. The molecule has 2 rings (SSSR count). The molecule has 2 aromatic rings. The molecule has 0 aliphatic carbocycles. The second kappa shape index (κ2) is 5.65. The number of hydrogen-bond acceptors (Lipinski definition) is 3. The lowest BCUT2D eigenvalue weighted by Gasteiger charge is -2.08. The first-order chi connectivity index (χ1) is 9.10. The Bertz CT molecular complexity index is 585. The second-order valence-electron chi connectivity index (χ2n) is 4.67. The van der Waals surface area contributed by atoms with Crippen molar-refractivity contribution in [3.63, 3.8) is 0 Å². The molecule has 1 aromatic heterocycles. The zero-order valence-electron chi connectivity index (χ0n) is 11.4. The molecule has 0 unspecified atom stereocenters. The van der Waals surface area contributed by atoms with Gasteiger partial charge in [0.25, 0.3) is 0 Å². The lowest BCUT2D eigenvalue weighted by molar-refractivity contribution is 0.0990. The summed E-state index contributed by atoms with van der Waals surface area (Å²) in [7, 11) is 1.55. The molecule has 0 fully saturated rings. The molecule has 0 aliphatic rings. The summed E-state index contributed by atoms with van der Waals surface area (Å²) in [6, 6.07) is 7.88. The van der Waals surface area contributed by atoms with Gasteiger partial charge in [0, 0.05) is 12.6 Å². The van der Waals surface area contributed by atoms with Gasteiger partial charge >= 0.3 is 0 Å². The van der Waals surface area contributed by atoms with Crippen LogP contribution in [0.4, 0.5) is 0 Å². The number of rotatable bonds is 4. The van der Waals surface area contributed by atoms with E-state index < -0.39 is 0 Å². The Kier molecular flexibility index (Phi) is 3.95. The number of benzene rings is 1. The maximum Gasteiger partial charge on any atom is 0.171 e. The van der Waals surface area contributed by atoms with Crippen LogP contribution in [0.3, 0.4) is 0 Å². The number of ether oxygens (including phenoxy) is 1. The third-order valence-electron chi connectivity index (χ3n) is 2.95. The van der Waals surface area contributed by atoms with Crippen molar-refractivity contribution in [2.24, 2.45) is 0 Å². The van der Waals surface area contributed by atoms with E-state index in [1.54, 1.807) is 25.6 Å². The molecule has 0 bridgehead atoms. The van der Waals surface area contributed by atoms with Crippen LogP contribution in [0.1, 0.15) is 27.0 Å². The maximum atomic E-state index is 12.3. The third-order valence-corrected chi connectivity index (χ3v) is 2.95. The van der Waals surface area contributed by atoms with Crippen LogP contribution in [0.2, 0.25) is 0 Å². The molecule has 3 nitrogen and oxygen atoms in total. The summed E-state index contributed by atoms with van der Waals surface area (Å²) in [4.78, 5) is 16.3. The molecule has 0 saturated heterocycles. The molecule has 1 aromatic carbocycles. The first-order valence-corrected chi connectivity index (χ1v) is 6.18. The van der Waals surface area contributed by atoms with Gasteiger partial charge < -0.3 is 4.74 Å². The van der Waals surface area contributed by atoms with Crippen LogP contribution in [0.25, 0.3) is 0 Å². The van der Waals surface area contributed by atoms with Gasteiger partial charge in [0.05, 0.1) is 18.9 Å². The number of hydrogen-bond donors (Lipinski definition) is 0. The van der Waals surface area contributed by atoms with Gasteiger partial charge in [-0.1, -0.05) is 29.3 Å². The van der Waals surface area contributed by atoms with Gasteiger partial charge in [-0.25, -0.2) is 0 Å². The first kappa shape index (κ1) is 13.3. The van der Waals surface area contributed by atoms with Crippen molar-refractivity contribution in [3.8, 4) is 5.75 Å². The van der Waals surface area contributed by atoms with Gasteiger partial charge in [-0.2, -0.15) is 0 Å². The highest BCUT2D eigenvalue weighted by Crippen LogP contribution is 2.19. The van der Waals surface area contributed by atoms with E-state index in [0.29, 0.717) is 17.7 Å². The lowest BCUT2D eigenvalue weighted by Crippen LogP contribution is -2.06. The van der Waals surface area contributed by atoms with E-state index in [1.807, 2.05) is 26.0 Å². The first-order valence-electron chi connectivity index (χ1n) is 6.18. The van der Waals surface area contributed by atoms with Crippen LogP contribution < -0.4 is 4.74 Å². The minimum Gasteiger partial charge on any atom is -0.494 e. The largest absolute Gasteiger partial charge is 0.494 e. The van der Waals surface area contributed by atoms with Gasteiger partial charge in [0.15, 0.2) is 5.78 Å². The van der Waals surface area contributed by atoms with E-state index in [0.717, 1.165) is 5.56 Å². The minimum absolute atomic E-state index is 0.0456. The molecule has 0 amide bonds. The average molecular weight is 255 g/mol. The number of ketones is 1. The maximum absolute atomic E-state index is 12.3. The van der Waals surface area contributed by atoms with E-state index in [4.69, 9.17) is 4.74 Å². The molecule has 0 N–H and O–H groups in total. The predicted octanol–water partition coefficient (Wildman–Crippen LogP) is 3.13. The minimum atomic E-state index is 0.0456. The SMILES string of the molecule is COc1cnccc1C(=O)Cc1cc(C)cc(C)c1. The van der Waals surface area contributed by atoms with Crippen LogP contribution >= 0.6 is 0 Å². The number of Topliss-reactive ketones (excluding diaryl/α,β-unsaturated/α-hetero) is 1. The van der Waals surface area contributed by atoms with E-state index in [1.165, 1.54) is 11.1 Å². The number of pyridine rings is 1. The summed E-state index contributed by atoms with van der Waals surface area (Å²) < 4.78 is 5.17. The fourth-order valence-corrected chi connectivity index (χ4v) is 2.22. The standard InChI is InChI=1S/C16H17NO2/c1-11-6-12(2)8-13(7-11)9-15(18)14-4-5-17-10-16(14)19-3/h4-8,10H,9H2,1-3H3. The van der Waals surface area contributed by atoms with Gasteiger partial charge in [-0.05, 0) is 25.5 Å². The topological polar surface area (TPSA) is 39.2 Å². The highest BCUT2D eigenvalue weighted by atomic mass is 16.5. The van der Waals surface area contributed by atoms with Crippen molar-refractivity contribution < 1.29 is 9.53 Å². The Labute approximate surface area is 113 Å². The zero-order valence-corrected chi connectivity index (χ0v) is 11.4. The molecule has 0 aliphatic heterocycles. The van der Waals surface area contributed by atoms with Crippen LogP contribution in [0, 0.1) is 13.8 Å². The summed E-state index contributed by atoms with van der Waals surface area (Å²) in [5, 5.41) is 0. The number of aryl methyl sites for hydroxylation is 2. The number of methoxy groups -OCH3 is 1. The Morgan fingerprint density at radius 2 is 1.89 bits per heavy atom. The normalized spacial score (nSPS) is 10.3. The summed E-state index contributed by atoms with van der Waals surface area (Å²) in [6.07, 6.45) is 3.55. The van der Waals surface area contributed by atoms with Crippen LogP contribution in [0.5, 0.6) is 5.75 Å². The van der Waals surface area contributed by atoms with Gasteiger partial charge in [-0.3, -0.25) is 9.78 Å². The van der Waals surface area contributed by atoms with Crippen molar-refractivity contribution in [2.45, 2.75) is 20.3 Å². The number of nitrogens with zero attached hydrogens (tertiary/aromatic N) is 1. The lowest BCUT2D eigenvalue weighted by atomic mass is 10.00. The van der Waals surface area contributed by atoms with Crippen molar-refractivity contribution in [2.75, 3.05) is 7.11 Å². The fraction of sp³-hybridized carbons (Fsp3) is 0.250. The Morgan fingerprint density at radius 3 is 2.53 bits per heavy atom. The second-order valence-corrected chi connectivity index (χ2v) is 4.67. The molecular formula is C16H17NO2. The van der Waals surface area contributed by atoms with Crippen molar-refractivity contribution in [1.82, 2.24) is 4.98 Å². The van der Waals surface area contributed by atoms with E-state index in [-0.39, 0.29) is 5.78 Å².